The van der Waals surface area contributed by atoms with Gasteiger partial charge < -0.3 is 20.0 Å². The minimum absolute atomic E-state index is 0.0346. The van der Waals surface area contributed by atoms with Crippen LogP contribution in [0.15, 0.2) is 60.7 Å². The summed E-state index contributed by atoms with van der Waals surface area (Å²) in [6.45, 7) is 1.87. The molecule has 1 fully saturated rings. The zero-order valence-electron chi connectivity index (χ0n) is 17.2. The van der Waals surface area contributed by atoms with Crippen molar-refractivity contribution in [2.45, 2.75) is 37.4 Å². The van der Waals surface area contributed by atoms with Gasteiger partial charge in [-0.1, -0.05) is 60.7 Å². The molecular weight excluding hydrogens is 364 g/mol. The minimum Gasteiger partial charge on any atom is -0.388 e. The first-order valence-corrected chi connectivity index (χ1v) is 10.4. The van der Waals surface area contributed by atoms with Crippen molar-refractivity contribution in [2.75, 3.05) is 33.2 Å². The van der Waals surface area contributed by atoms with Crippen molar-refractivity contribution >= 4 is 5.91 Å². The van der Waals surface area contributed by atoms with Crippen LogP contribution in [0.4, 0.5) is 0 Å². The van der Waals surface area contributed by atoms with Crippen LogP contribution in [0.1, 0.15) is 24.0 Å². The summed E-state index contributed by atoms with van der Waals surface area (Å²) in [5.41, 5.74) is 1.21. The maximum atomic E-state index is 12.5. The van der Waals surface area contributed by atoms with Crippen LogP contribution in [0.2, 0.25) is 0 Å². The Balaban J connectivity index is 1.45. The lowest BCUT2D eigenvalue weighted by Gasteiger charge is -2.43. The second-order valence-corrected chi connectivity index (χ2v) is 8.17. The summed E-state index contributed by atoms with van der Waals surface area (Å²) in [6.07, 6.45) is 1.47. The number of hydrogen-bond donors (Lipinski definition) is 2. The van der Waals surface area contributed by atoms with Crippen molar-refractivity contribution in [1.82, 2.24) is 9.80 Å². The van der Waals surface area contributed by atoms with Crippen molar-refractivity contribution in [2.24, 2.45) is 0 Å². The van der Waals surface area contributed by atoms with Gasteiger partial charge in [-0.2, -0.15) is 0 Å². The van der Waals surface area contributed by atoms with E-state index in [1.165, 1.54) is 5.56 Å². The number of likely N-dealkylation sites (N-methyl/N-ethyl adjacent to an activating group) is 1. The number of hydrogen-bond acceptors (Lipinski definition) is 4. The van der Waals surface area contributed by atoms with Crippen molar-refractivity contribution in [3.63, 3.8) is 0 Å². The zero-order valence-corrected chi connectivity index (χ0v) is 17.2. The molecule has 5 heteroatoms. The molecule has 3 rings (SSSR count). The second-order valence-electron chi connectivity index (χ2n) is 8.17. The predicted octanol–water partition coefficient (Wildman–Crippen LogP) is 2.12. The second kappa shape index (κ2) is 10.0. The molecule has 5 nitrogen and oxygen atoms in total. The Hall–Kier alpha value is -2.21. The first-order valence-electron chi connectivity index (χ1n) is 10.4. The summed E-state index contributed by atoms with van der Waals surface area (Å²) >= 11 is 0. The summed E-state index contributed by atoms with van der Waals surface area (Å²) in [7, 11) is 1.96. The number of amides is 1. The number of rotatable bonds is 8. The number of aliphatic hydroxyl groups excluding tert-OH is 1. The van der Waals surface area contributed by atoms with Gasteiger partial charge in [-0.05, 0) is 37.4 Å². The van der Waals surface area contributed by atoms with E-state index in [0.29, 0.717) is 32.4 Å². The van der Waals surface area contributed by atoms with Crippen LogP contribution in [-0.2, 0) is 17.6 Å². The largest absolute Gasteiger partial charge is 0.388 e. The van der Waals surface area contributed by atoms with Gasteiger partial charge in [0.1, 0.15) is 11.7 Å². The molecule has 0 saturated carbocycles. The molecule has 1 aliphatic rings. The average molecular weight is 397 g/mol. The fourth-order valence-corrected chi connectivity index (χ4v) is 3.94. The molecule has 29 heavy (non-hydrogen) atoms. The lowest BCUT2D eigenvalue weighted by Crippen LogP contribution is -2.60. The molecule has 1 heterocycles. The summed E-state index contributed by atoms with van der Waals surface area (Å²) in [6, 6.07) is 20.2. The Morgan fingerprint density at radius 2 is 1.66 bits per heavy atom. The molecule has 2 aromatic carbocycles. The van der Waals surface area contributed by atoms with Gasteiger partial charge in [0.05, 0.1) is 0 Å². The van der Waals surface area contributed by atoms with Crippen LogP contribution < -0.4 is 0 Å². The number of β-amino-alcohol motifs (C(OH)–C–C–N with tert-alkyl or cyclic N) is 1. The monoisotopic (exact) mass is 396 g/mol. The highest BCUT2D eigenvalue weighted by Gasteiger charge is 2.42. The normalized spacial score (nSPS) is 22.1. The van der Waals surface area contributed by atoms with E-state index in [4.69, 9.17) is 0 Å². The molecule has 156 valence electrons. The maximum absolute atomic E-state index is 12.5. The van der Waals surface area contributed by atoms with Crippen LogP contribution in [0.3, 0.4) is 0 Å². The Morgan fingerprint density at radius 1 is 1.07 bits per heavy atom. The molecule has 0 spiro atoms. The molecule has 1 saturated heterocycles. The van der Waals surface area contributed by atoms with Gasteiger partial charge >= 0.3 is 0 Å². The summed E-state index contributed by atoms with van der Waals surface area (Å²) in [5, 5.41) is 21.6. The van der Waals surface area contributed by atoms with E-state index in [1.54, 1.807) is 4.90 Å². The molecule has 0 unspecified atom stereocenters. The van der Waals surface area contributed by atoms with Crippen LogP contribution in [-0.4, -0.2) is 70.9 Å². The number of carbonyl (C=O) groups excluding carboxylic acids is 1. The van der Waals surface area contributed by atoms with Crippen LogP contribution in [0.5, 0.6) is 0 Å². The third-order valence-electron chi connectivity index (χ3n) is 5.82. The van der Waals surface area contributed by atoms with Crippen molar-refractivity contribution in [3.8, 4) is 0 Å². The predicted molar refractivity (Wildman–Crippen MR) is 115 cm³/mol. The summed E-state index contributed by atoms with van der Waals surface area (Å²) in [5.74, 6) is 0.0346. The van der Waals surface area contributed by atoms with Crippen molar-refractivity contribution in [3.05, 3.63) is 71.8 Å². The van der Waals surface area contributed by atoms with Gasteiger partial charge in [0, 0.05) is 32.6 Å². The van der Waals surface area contributed by atoms with Gasteiger partial charge in [0.2, 0.25) is 5.91 Å². The van der Waals surface area contributed by atoms with Gasteiger partial charge in [-0.3, -0.25) is 4.79 Å². The number of carbonyl (C=O) groups is 1. The molecule has 0 aliphatic carbocycles. The third kappa shape index (κ3) is 6.13. The number of nitrogens with zero attached hydrogens (tertiary/aromatic N) is 2. The van der Waals surface area contributed by atoms with Crippen molar-refractivity contribution < 1.29 is 15.0 Å². The molecular formula is C24H32N2O3. The van der Waals surface area contributed by atoms with Crippen LogP contribution in [0, 0.1) is 0 Å². The van der Waals surface area contributed by atoms with Crippen LogP contribution in [0.25, 0.3) is 0 Å². The van der Waals surface area contributed by atoms with E-state index >= 15 is 0 Å². The van der Waals surface area contributed by atoms with E-state index in [0.717, 1.165) is 18.5 Å². The average Bonchev–Trinajstić information content (AvgIpc) is 2.74. The number of piperidine rings is 1. The Morgan fingerprint density at radius 3 is 2.24 bits per heavy atom. The molecule has 1 aliphatic heterocycles. The first-order chi connectivity index (χ1) is 14.0. The SMILES string of the molecule is CN(CCc1ccccc1)C[C@@]1(O)CCN(C(=O)CCc2ccccc2)C[C@@H]1O. The molecule has 2 aromatic rings. The molecule has 2 N–H and O–H groups in total. The quantitative estimate of drug-likeness (QED) is 0.717. The molecule has 1 amide bonds. The Labute approximate surface area is 173 Å². The van der Waals surface area contributed by atoms with E-state index in [1.807, 2.05) is 55.6 Å². The highest BCUT2D eigenvalue weighted by atomic mass is 16.3. The first kappa shape index (κ1) is 21.5. The fraction of sp³-hybridized carbons (Fsp3) is 0.458. The highest BCUT2D eigenvalue weighted by Crippen LogP contribution is 2.24. The summed E-state index contributed by atoms with van der Waals surface area (Å²) < 4.78 is 0. The smallest absolute Gasteiger partial charge is 0.222 e. The van der Waals surface area contributed by atoms with E-state index in [-0.39, 0.29) is 12.5 Å². The van der Waals surface area contributed by atoms with E-state index < -0.39 is 11.7 Å². The standard InChI is InChI=1S/C24H32N2O3/c1-25(16-14-21-10-6-3-7-11-21)19-24(29)15-17-26(18-22(24)27)23(28)13-12-20-8-4-2-5-9-20/h2-11,22,27,29H,12-19H2,1H3/t22-,24-/m0/s1. The highest BCUT2D eigenvalue weighted by molar-refractivity contribution is 5.76. The molecule has 0 radical (unpaired) electrons. The number of aryl methyl sites for hydroxylation is 1. The minimum atomic E-state index is -1.18. The Bertz CT molecular complexity index is 768. The lowest BCUT2D eigenvalue weighted by molar-refractivity contribution is -0.152. The third-order valence-corrected chi connectivity index (χ3v) is 5.82. The Kier molecular flexibility index (Phi) is 7.42. The molecule has 2 atom stereocenters. The number of benzene rings is 2. The van der Waals surface area contributed by atoms with E-state index in [9.17, 15) is 15.0 Å². The van der Waals surface area contributed by atoms with Gasteiger partial charge in [-0.15, -0.1) is 0 Å². The topological polar surface area (TPSA) is 64.0 Å². The van der Waals surface area contributed by atoms with E-state index in [2.05, 4.69) is 17.0 Å². The van der Waals surface area contributed by atoms with Gasteiger partial charge in [0.15, 0.2) is 0 Å². The fourth-order valence-electron chi connectivity index (χ4n) is 3.94. The molecule has 0 aromatic heterocycles. The van der Waals surface area contributed by atoms with Gasteiger partial charge in [-0.25, -0.2) is 0 Å². The van der Waals surface area contributed by atoms with Crippen LogP contribution >= 0.6 is 0 Å². The number of aliphatic hydroxyl groups is 2. The lowest BCUT2D eigenvalue weighted by atomic mass is 9.87. The maximum Gasteiger partial charge on any atom is 0.222 e. The number of likely N-dealkylation sites (tertiary alicyclic amines) is 1. The van der Waals surface area contributed by atoms with Gasteiger partial charge in [0.25, 0.3) is 0 Å². The molecule has 0 bridgehead atoms. The zero-order chi connectivity index (χ0) is 20.7. The summed E-state index contributed by atoms with van der Waals surface area (Å²) in [4.78, 5) is 16.3. The van der Waals surface area contributed by atoms with Crippen molar-refractivity contribution in [1.29, 1.82) is 0 Å².